The summed E-state index contributed by atoms with van der Waals surface area (Å²) < 4.78 is 39.9. The average Bonchev–Trinajstić information content (AvgIpc) is 2.97. The molecule has 222 valence electrons. The second-order valence-corrected chi connectivity index (χ2v) is 10.1. The van der Waals surface area contributed by atoms with Gasteiger partial charge in [0.1, 0.15) is 11.6 Å². The molecule has 0 spiro atoms. The van der Waals surface area contributed by atoms with Crippen molar-refractivity contribution < 1.29 is 28.0 Å². The number of carbonyl (C=O) groups is 1. The predicted molar refractivity (Wildman–Crippen MR) is 152 cm³/mol. The van der Waals surface area contributed by atoms with Gasteiger partial charge in [-0.05, 0) is 81.1 Å². The first kappa shape index (κ1) is 30.4. The number of aryl methyl sites for hydroxylation is 1. The summed E-state index contributed by atoms with van der Waals surface area (Å²) in [5, 5.41) is 26.9. The third kappa shape index (κ3) is 7.60. The van der Waals surface area contributed by atoms with Crippen molar-refractivity contribution in [3.8, 4) is 0 Å². The van der Waals surface area contributed by atoms with Gasteiger partial charge in [0.2, 0.25) is 0 Å². The number of nitro benzene ring substituents is 1. The first-order chi connectivity index (χ1) is 19.9. The Morgan fingerprint density at radius 2 is 1.90 bits per heavy atom. The lowest BCUT2D eigenvalue weighted by Gasteiger charge is -2.24. The summed E-state index contributed by atoms with van der Waals surface area (Å²) in [7, 11) is 0. The van der Waals surface area contributed by atoms with E-state index in [9.17, 15) is 28.1 Å². The number of hydrogen-bond donors (Lipinski definition) is 3. The minimum Gasteiger partial charge on any atom is -0.465 e. The Bertz CT molecular complexity index is 1520. The number of benzene rings is 2. The van der Waals surface area contributed by atoms with Crippen LogP contribution in [0.15, 0.2) is 60.8 Å². The molecule has 3 aromatic rings. The van der Waals surface area contributed by atoms with E-state index in [0.29, 0.717) is 30.2 Å². The Morgan fingerprint density at radius 3 is 2.50 bits per heavy atom. The van der Waals surface area contributed by atoms with Gasteiger partial charge in [-0.25, -0.2) is 14.8 Å². The number of piperidine rings is 1. The highest BCUT2D eigenvalue weighted by Crippen LogP contribution is 2.36. The molecule has 42 heavy (non-hydrogen) atoms. The van der Waals surface area contributed by atoms with Gasteiger partial charge in [-0.2, -0.15) is 13.2 Å². The minimum atomic E-state index is -4.69. The lowest BCUT2D eigenvalue weighted by Crippen LogP contribution is -2.26. The third-order valence-electron chi connectivity index (χ3n) is 7.03. The van der Waals surface area contributed by atoms with Crippen LogP contribution in [0.2, 0.25) is 0 Å². The Kier molecular flexibility index (Phi) is 9.41. The van der Waals surface area contributed by atoms with E-state index in [2.05, 4.69) is 26.7 Å². The van der Waals surface area contributed by atoms with Crippen molar-refractivity contribution in [2.45, 2.75) is 44.8 Å². The molecular formula is C29H31F3N6O4. The van der Waals surface area contributed by atoms with Crippen molar-refractivity contribution >= 4 is 28.5 Å². The van der Waals surface area contributed by atoms with Crippen LogP contribution in [0.3, 0.4) is 0 Å². The van der Waals surface area contributed by atoms with Crippen LogP contribution in [0.1, 0.15) is 54.2 Å². The minimum absolute atomic E-state index is 0.149. The number of carboxylic acid groups (broad SMARTS) is 1. The SMILES string of the molecule is Cc1nc(N[C@H](C)c2cc([N+](=O)[O-])cc(C(F)(F)F)c2)c2cc(C3CCNCC3)ccc2n1.O=C(O)N1C=CC=CC1. The van der Waals surface area contributed by atoms with Gasteiger partial charge in [-0.3, -0.25) is 15.0 Å². The maximum Gasteiger partial charge on any atom is 0.416 e. The number of alkyl halides is 3. The molecule has 1 fully saturated rings. The number of non-ortho nitro benzene ring substituents is 1. The van der Waals surface area contributed by atoms with E-state index in [1.165, 1.54) is 16.7 Å². The maximum absolute atomic E-state index is 13.3. The van der Waals surface area contributed by atoms with E-state index < -0.39 is 34.5 Å². The second kappa shape index (κ2) is 13.0. The number of nitrogens with zero attached hydrogens (tertiary/aromatic N) is 4. The van der Waals surface area contributed by atoms with Crippen molar-refractivity contribution in [3.05, 3.63) is 93.5 Å². The third-order valence-corrected chi connectivity index (χ3v) is 7.03. The number of rotatable bonds is 5. The van der Waals surface area contributed by atoms with E-state index in [4.69, 9.17) is 5.11 Å². The normalized spacial score (nSPS) is 16.1. The van der Waals surface area contributed by atoms with Crippen LogP contribution in [0, 0.1) is 17.0 Å². The Hall–Kier alpha value is -4.52. The topological polar surface area (TPSA) is 134 Å². The van der Waals surface area contributed by atoms with Gasteiger partial charge in [0.05, 0.1) is 22.0 Å². The lowest BCUT2D eigenvalue weighted by molar-refractivity contribution is -0.385. The summed E-state index contributed by atoms with van der Waals surface area (Å²) in [5.74, 6) is 1.41. The molecule has 13 heteroatoms. The van der Waals surface area contributed by atoms with Crippen LogP contribution < -0.4 is 10.6 Å². The summed E-state index contributed by atoms with van der Waals surface area (Å²) >= 11 is 0. The van der Waals surface area contributed by atoms with E-state index in [1.807, 2.05) is 18.2 Å². The number of allylic oxidation sites excluding steroid dienone is 2. The number of nitro groups is 1. The average molecular weight is 585 g/mol. The number of anilines is 1. The van der Waals surface area contributed by atoms with Gasteiger partial charge in [-0.1, -0.05) is 18.2 Å². The van der Waals surface area contributed by atoms with Gasteiger partial charge < -0.3 is 15.7 Å². The zero-order valence-corrected chi connectivity index (χ0v) is 23.1. The van der Waals surface area contributed by atoms with Gasteiger partial charge in [-0.15, -0.1) is 0 Å². The van der Waals surface area contributed by atoms with E-state index in [-0.39, 0.29) is 5.56 Å². The van der Waals surface area contributed by atoms with Crippen molar-refractivity contribution in [2.75, 3.05) is 25.0 Å². The molecule has 0 bridgehead atoms. The van der Waals surface area contributed by atoms with Crippen molar-refractivity contribution in [3.63, 3.8) is 0 Å². The number of nitrogens with one attached hydrogen (secondary N) is 2. The molecule has 3 N–H and O–H groups in total. The van der Waals surface area contributed by atoms with E-state index in [0.717, 1.165) is 49.0 Å². The fraction of sp³-hybridized carbons (Fsp3) is 0.345. The second-order valence-electron chi connectivity index (χ2n) is 10.1. The molecule has 0 aliphatic carbocycles. The molecule has 1 atom stereocenters. The highest BCUT2D eigenvalue weighted by molar-refractivity contribution is 5.90. The molecule has 1 amide bonds. The van der Waals surface area contributed by atoms with Crippen LogP contribution in [0.4, 0.5) is 29.5 Å². The van der Waals surface area contributed by atoms with Gasteiger partial charge in [0.15, 0.2) is 0 Å². The Morgan fingerprint density at radius 1 is 1.17 bits per heavy atom. The molecule has 5 rings (SSSR count). The number of hydrogen-bond acceptors (Lipinski definition) is 7. The number of amides is 1. The van der Waals surface area contributed by atoms with Crippen molar-refractivity contribution in [2.24, 2.45) is 0 Å². The van der Waals surface area contributed by atoms with Crippen molar-refractivity contribution in [1.29, 1.82) is 0 Å². The number of aromatic nitrogens is 2. The molecular weight excluding hydrogens is 553 g/mol. The molecule has 0 unspecified atom stereocenters. The highest BCUT2D eigenvalue weighted by Gasteiger charge is 2.33. The van der Waals surface area contributed by atoms with Crippen LogP contribution in [0.5, 0.6) is 0 Å². The fourth-order valence-electron chi connectivity index (χ4n) is 4.83. The maximum atomic E-state index is 13.3. The fourth-order valence-corrected chi connectivity index (χ4v) is 4.83. The van der Waals surface area contributed by atoms with Crippen molar-refractivity contribution in [1.82, 2.24) is 20.2 Å². The molecule has 0 saturated carbocycles. The Labute approximate surface area is 240 Å². The summed E-state index contributed by atoms with van der Waals surface area (Å²) in [6.07, 6.45) is 3.27. The van der Waals surface area contributed by atoms with Crippen LogP contribution in [-0.4, -0.2) is 50.6 Å². The largest absolute Gasteiger partial charge is 0.465 e. The summed E-state index contributed by atoms with van der Waals surface area (Å²) in [6.45, 7) is 5.75. The molecule has 2 aliphatic heterocycles. The number of fused-ring (bicyclic) bond motifs is 1. The first-order valence-corrected chi connectivity index (χ1v) is 13.4. The molecule has 2 aromatic carbocycles. The summed E-state index contributed by atoms with van der Waals surface area (Å²) in [6, 6.07) is 8.01. The molecule has 0 radical (unpaired) electrons. The first-order valence-electron chi connectivity index (χ1n) is 13.4. The molecule has 2 aliphatic rings. The molecule has 1 aromatic heterocycles. The summed E-state index contributed by atoms with van der Waals surface area (Å²) in [5.41, 5.74) is 0.380. The summed E-state index contributed by atoms with van der Waals surface area (Å²) in [4.78, 5) is 30.8. The van der Waals surface area contributed by atoms with Gasteiger partial charge in [0.25, 0.3) is 5.69 Å². The smallest absolute Gasteiger partial charge is 0.416 e. The molecule has 3 heterocycles. The lowest BCUT2D eigenvalue weighted by atomic mass is 9.89. The zero-order valence-electron chi connectivity index (χ0n) is 23.1. The van der Waals surface area contributed by atoms with Crippen LogP contribution in [-0.2, 0) is 6.18 Å². The van der Waals surface area contributed by atoms with Crippen LogP contribution in [0.25, 0.3) is 10.9 Å². The number of halogens is 3. The quantitative estimate of drug-likeness (QED) is 0.227. The van der Waals surface area contributed by atoms with Gasteiger partial charge >= 0.3 is 12.3 Å². The predicted octanol–water partition coefficient (Wildman–Crippen LogP) is 6.56. The molecule has 1 saturated heterocycles. The van der Waals surface area contributed by atoms with E-state index >= 15 is 0 Å². The van der Waals surface area contributed by atoms with E-state index in [1.54, 1.807) is 26.0 Å². The standard InChI is InChI=1S/C23H24F3N5O2.C6H7NO2/c1-13(17-9-18(23(24,25)26)12-19(10-17)31(32)33)28-22-20-11-16(15-5-7-27-8-6-15)3-4-21(20)29-14(2)30-22;8-6(9)7-4-2-1-3-5-7/h3-4,9-13,15,27H,5-8H2,1-2H3,(H,28,29,30);1-4H,5H2,(H,8,9)/t13-;/m1./s1. The monoisotopic (exact) mass is 584 g/mol. The molecule has 10 nitrogen and oxygen atoms in total. The zero-order chi connectivity index (χ0) is 30.4. The van der Waals surface area contributed by atoms with Crippen LogP contribution >= 0.6 is 0 Å². The highest BCUT2D eigenvalue weighted by atomic mass is 19.4. The van der Waals surface area contributed by atoms with Gasteiger partial charge in [0, 0.05) is 30.3 Å². The Balaban J connectivity index is 0.000000385.